The van der Waals surface area contributed by atoms with Crippen LogP contribution in [-0.2, 0) is 0 Å². The quantitative estimate of drug-likeness (QED) is 0.579. The molecule has 7 nitrogen and oxygen atoms in total. The first-order chi connectivity index (χ1) is 11.3. The van der Waals surface area contributed by atoms with Gasteiger partial charge in [-0.25, -0.2) is 14.6 Å². The van der Waals surface area contributed by atoms with Gasteiger partial charge in [0.1, 0.15) is 12.0 Å². The van der Waals surface area contributed by atoms with Crippen molar-refractivity contribution in [1.29, 1.82) is 0 Å². The van der Waals surface area contributed by atoms with E-state index in [-0.39, 0.29) is 0 Å². The number of para-hydroxylation sites is 1. The molecule has 3 aromatic rings. The summed E-state index contributed by atoms with van der Waals surface area (Å²) in [4.78, 5) is 8.37. The smallest absolute Gasteiger partial charge is 0.181 e. The van der Waals surface area contributed by atoms with Crippen LogP contribution in [-0.4, -0.2) is 32.8 Å². The van der Waals surface area contributed by atoms with Crippen LogP contribution in [0, 0.1) is 0 Å². The summed E-state index contributed by atoms with van der Waals surface area (Å²) in [6.07, 6.45) is 5.91. The number of benzene rings is 1. The number of nitrogens with zero attached hydrogens (tertiary/aromatic N) is 4. The van der Waals surface area contributed by atoms with Crippen LogP contribution in [0.15, 0.2) is 55.1 Å². The minimum Gasteiger partial charge on any atom is -0.393 e. The van der Waals surface area contributed by atoms with Crippen molar-refractivity contribution in [2.45, 2.75) is 6.42 Å². The molecule has 0 aliphatic heterocycles. The number of anilines is 3. The number of nitrogens with two attached hydrogens (primary N) is 1. The number of hydrogen-bond acceptors (Lipinski definition) is 6. The molecule has 7 heteroatoms. The molecular formula is C16H19N7. The molecule has 4 N–H and O–H groups in total. The van der Waals surface area contributed by atoms with Crippen molar-refractivity contribution in [1.82, 2.24) is 19.7 Å². The Balaban J connectivity index is 1.52. The molecule has 1 aromatic carbocycles. The third-order valence-electron chi connectivity index (χ3n) is 3.33. The van der Waals surface area contributed by atoms with E-state index in [0.29, 0.717) is 17.3 Å². The summed E-state index contributed by atoms with van der Waals surface area (Å²) in [5, 5.41) is 10.7. The predicted octanol–water partition coefficient (Wildman–Crippen LogP) is 2.16. The van der Waals surface area contributed by atoms with Gasteiger partial charge >= 0.3 is 0 Å². The summed E-state index contributed by atoms with van der Waals surface area (Å²) in [5.41, 5.74) is 7.73. The Morgan fingerprint density at radius 3 is 2.61 bits per heavy atom. The highest BCUT2D eigenvalue weighted by molar-refractivity contribution is 5.68. The summed E-state index contributed by atoms with van der Waals surface area (Å²) >= 11 is 0. The minimum atomic E-state index is 0.493. The molecule has 0 unspecified atom stereocenters. The fourth-order valence-electron chi connectivity index (χ4n) is 2.19. The fraction of sp³-hybridized carbons (Fsp3) is 0.188. The number of rotatable bonds is 7. The molecule has 0 aliphatic carbocycles. The maximum absolute atomic E-state index is 6.12. The predicted molar refractivity (Wildman–Crippen MR) is 91.6 cm³/mol. The maximum atomic E-state index is 6.12. The molecule has 3 rings (SSSR count). The van der Waals surface area contributed by atoms with E-state index in [2.05, 4.69) is 25.7 Å². The lowest BCUT2D eigenvalue weighted by Crippen LogP contribution is -2.13. The first kappa shape index (κ1) is 14.8. The molecule has 0 radical (unpaired) electrons. The maximum Gasteiger partial charge on any atom is 0.181 e. The molecule has 2 aromatic heterocycles. The second-order valence-corrected chi connectivity index (χ2v) is 4.98. The molecule has 0 atom stereocenters. The first-order valence-corrected chi connectivity index (χ1v) is 7.48. The van der Waals surface area contributed by atoms with E-state index in [1.54, 1.807) is 17.1 Å². The minimum absolute atomic E-state index is 0.493. The molecule has 0 spiro atoms. The monoisotopic (exact) mass is 309 g/mol. The largest absolute Gasteiger partial charge is 0.393 e. The van der Waals surface area contributed by atoms with Gasteiger partial charge in [-0.1, -0.05) is 18.2 Å². The molecule has 0 aliphatic rings. The van der Waals surface area contributed by atoms with E-state index in [1.165, 1.54) is 6.33 Å². The van der Waals surface area contributed by atoms with Gasteiger partial charge < -0.3 is 16.4 Å². The van der Waals surface area contributed by atoms with Crippen molar-refractivity contribution < 1.29 is 0 Å². The van der Waals surface area contributed by atoms with Gasteiger partial charge in [0.2, 0.25) is 0 Å². The third kappa shape index (κ3) is 3.76. The van der Waals surface area contributed by atoms with E-state index >= 15 is 0 Å². The lowest BCUT2D eigenvalue weighted by molar-refractivity contribution is 0.840. The summed E-state index contributed by atoms with van der Waals surface area (Å²) in [5.74, 6) is 1.21. The topological polar surface area (TPSA) is 93.7 Å². The second-order valence-electron chi connectivity index (χ2n) is 4.98. The van der Waals surface area contributed by atoms with Gasteiger partial charge in [0, 0.05) is 31.2 Å². The lowest BCUT2D eigenvalue weighted by Gasteiger charge is -2.11. The van der Waals surface area contributed by atoms with Crippen LogP contribution >= 0.6 is 0 Å². The highest BCUT2D eigenvalue weighted by Gasteiger charge is 2.09. The van der Waals surface area contributed by atoms with Crippen molar-refractivity contribution in [3.8, 4) is 5.82 Å². The van der Waals surface area contributed by atoms with Crippen molar-refractivity contribution in [3.05, 3.63) is 55.1 Å². The Hall–Kier alpha value is -3.09. The highest BCUT2D eigenvalue weighted by Crippen LogP contribution is 2.20. The van der Waals surface area contributed by atoms with Crippen molar-refractivity contribution in [2.75, 3.05) is 29.5 Å². The van der Waals surface area contributed by atoms with Crippen LogP contribution in [0.1, 0.15) is 6.42 Å². The summed E-state index contributed by atoms with van der Waals surface area (Å²) in [6, 6.07) is 11.9. The van der Waals surface area contributed by atoms with Gasteiger partial charge in [-0.3, -0.25) is 0 Å². The molecule has 0 saturated heterocycles. The van der Waals surface area contributed by atoms with E-state index in [0.717, 1.165) is 25.2 Å². The van der Waals surface area contributed by atoms with Crippen molar-refractivity contribution in [2.24, 2.45) is 0 Å². The normalized spacial score (nSPS) is 10.4. The first-order valence-electron chi connectivity index (χ1n) is 7.48. The molecule has 0 saturated carbocycles. The molecule has 0 fully saturated rings. The summed E-state index contributed by atoms with van der Waals surface area (Å²) in [7, 11) is 0. The summed E-state index contributed by atoms with van der Waals surface area (Å²) < 4.78 is 1.62. The summed E-state index contributed by atoms with van der Waals surface area (Å²) in [6.45, 7) is 1.63. The number of hydrogen-bond donors (Lipinski definition) is 3. The average Bonchev–Trinajstić information content (AvgIpc) is 3.11. The Labute approximate surface area is 134 Å². The van der Waals surface area contributed by atoms with E-state index in [1.807, 2.05) is 36.4 Å². The number of nitrogen functional groups attached to an aromatic ring is 1. The van der Waals surface area contributed by atoms with Crippen LogP contribution in [0.25, 0.3) is 5.82 Å². The van der Waals surface area contributed by atoms with Crippen LogP contribution in [0.3, 0.4) is 0 Å². The lowest BCUT2D eigenvalue weighted by atomic mass is 10.3. The van der Waals surface area contributed by atoms with E-state index < -0.39 is 0 Å². The molecule has 2 heterocycles. The standard InChI is InChI=1S/C16H19N7/c17-14-15(20-12-21-16(14)23-11-5-10-22-23)19-9-4-8-18-13-6-2-1-3-7-13/h1-3,5-7,10-12,18H,4,8-9,17H2,(H,19,20,21). The van der Waals surface area contributed by atoms with Crippen LogP contribution < -0.4 is 16.4 Å². The number of aromatic nitrogens is 4. The Morgan fingerprint density at radius 1 is 1.00 bits per heavy atom. The van der Waals surface area contributed by atoms with Gasteiger partial charge in [0.15, 0.2) is 11.6 Å². The van der Waals surface area contributed by atoms with Crippen molar-refractivity contribution in [3.63, 3.8) is 0 Å². The Kier molecular flexibility index (Phi) is 4.68. The van der Waals surface area contributed by atoms with Gasteiger partial charge in [-0.2, -0.15) is 5.10 Å². The molecule has 0 bridgehead atoms. The number of nitrogens with one attached hydrogen (secondary N) is 2. The molecule has 0 amide bonds. The molecular weight excluding hydrogens is 290 g/mol. The van der Waals surface area contributed by atoms with E-state index in [9.17, 15) is 0 Å². The third-order valence-corrected chi connectivity index (χ3v) is 3.33. The fourth-order valence-corrected chi connectivity index (χ4v) is 2.19. The van der Waals surface area contributed by atoms with Crippen LogP contribution in [0.2, 0.25) is 0 Å². The zero-order valence-corrected chi connectivity index (χ0v) is 12.7. The van der Waals surface area contributed by atoms with Crippen molar-refractivity contribution >= 4 is 17.2 Å². The SMILES string of the molecule is Nc1c(NCCCNc2ccccc2)ncnc1-n1cccn1. The molecule has 23 heavy (non-hydrogen) atoms. The second kappa shape index (κ2) is 7.26. The zero-order valence-electron chi connectivity index (χ0n) is 12.7. The van der Waals surface area contributed by atoms with Gasteiger partial charge in [-0.15, -0.1) is 0 Å². The van der Waals surface area contributed by atoms with Crippen LogP contribution in [0.4, 0.5) is 17.2 Å². The van der Waals surface area contributed by atoms with Gasteiger partial charge in [0.05, 0.1) is 0 Å². The highest BCUT2D eigenvalue weighted by atomic mass is 15.3. The average molecular weight is 309 g/mol. The van der Waals surface area contributed by atoms with E-state index in [4.69, 9.17) is 5.73 Å². The molecule has 118 valence electrons. The Morgan fingerprint density at radius 2 is 1.83 bits per heavy atom. The van der Waals surface area contributed by atoms with Crippen LogP contribution in [0.5, 0.6) is 0 Å². The zero-order chi connectivity index (χ0) is 15.9. The van der Waals surface area contributed by atoms with Gasteiger partial charge in [-0.05, 0) is 24.6 Å². The Bertz CT molecular complexity index is 725. The van der Waals surface area contributed by atoms with Gasteiger partial charge in [0.25, 0.3) is 0 Å².